The molecular formula is C16H21Cl2NO3. The molecule has 2 N–H and O–H groups in total. The maximum atomic E-state index is 11.8. The van der Waals surface area contributed by atoms with E-state index in [0.717, 1.165) is 37.7 Å². The molecule has 0 spiro atoms. The highest BCUT2D eigenvalue weighted by molar-refractivity contribution is 6.35. The molecule has 0 saturated heterocycles. The van der Waals surface area contributed by atoms with Crippen LogP contribution in [0.3, 0.4) is 0 Å². The Morgan fingerprint density at radius 3 is 2.41 bits per heavy atom. The number of hydrogen-bond donors (Lipinski definition) is 2. The topological polar surface area (TPSA) is 66.4 Å². The van der Waals surface area contributed by atoms with Crippen LogP contribution in [-0.2, 0) is 16.0 Å². The van der Waals surface area contributed by atoms with Crippen LogP contribution in [0.1, 0.15) is 44.1 Å². The lowest BCUT2D eigenvalue weighted by Gasteiger charge is -2.07. The fourth-order valence-electron chi connectivity index (χ4n) is 2.06. The number of carbonyl (C=O) groups excluding carboxylic acids is 1. The van der Waals surface area contributed by atoms with E-state index in [0.29, 0.717) is 16.6 Å². The van der Waals surface area contributed by atoms with Gasteiger partial charge in [-0.2, -0.15) is 0 Å². The van der Waals surface area contributed by atoms with Crippen LogP contribution in [-0.4, -0.2) is 23.5 Å². The molecule has 0 aliphatic heterocycles. The number of benzene rings is 1. The summed E-state index contributed by atoms with van der Waals surface area (Å²) in [5, 5.41) is 12.4. The van der Waals surface area contributed by atoms with E-state index in [1.807, 2.05) is 0 Å². The van der Waals surface area contributed by atoms with Crippen LogP contribution in [0.5, 0.6) is 0 Å². The smallest absolute Gasteiger partial charge is 0.303 e. The first-order chi connectivity index (χ1) is 10.5. The van der Waals surface area contributed by atoms with Gasteiger partial charge in [0.1, 0.15) is 0 Å². The van der Waals surface area contributed by atoms with Crippen LogP contribution in [0.15, 0.2) is 18.2 Å². The SMILES string of the molecule is O=C(O)CCCCCCCNC(=O)Cc1ccc(Cl)cc1Cl. The van der Waals surface area contributed by atoms with Crippen LogP contribution in [0.25, 0.3) is 0 Å². The highest BCUT2D eigenvalue weighted by Gasteiger charge is 2.07. The number of aliphatic carboxylic acids is 1. The molecule has 0 aliphatic carbocycles. The number of carbonyl (C=O) groups is 2. The van der Waals surface area contributed by atoms with Crippen molar-refractivity contribution in [2.45, 2.75) is 44.9 Å². The minimum Gasteiger partial charge on any atom is -0.481 e. The van der Waals surface area contributed by atoms with Gasteiger partial charge < -0.3 is 10.4 Å². The molecule has 1 aromatic rings. The van der Waals surface area contributed by atoms with Crippen LogP contribution in [0, 0.1) is 0 Å². The fourth-order valence-corrected chi connectivity index (χ4v) is 2.54. The average Bonchev–Trinajstić information content (AvgIpc) is 2.44. The van der Waals surface area contributed by atoms with Crippen LogP contribution in [0.2, 0.25) is 10.0 Å². The molecule has 0 fully saturated rings. The summed E-state index contributed by atoms with van der Waals surface area (Å²) in [5.41, 5.74) is 0.761. The Balaban J connectivity index is 2.10. The van der Waals surface area contributed by atoms with Gasteiger partial charge in [-0.05, 0) is 30.5 Å². The highest BCUT2D eigenvalue weighted by atomic mass is 35.5. The summed E-state index contributed by atoms with van der Waals surface area (Å²) in [6.45, 7) is 0.628. The number of amides is 1. The molecule has 1 aromatic carbocycles. The molecule has 0 bridgehead atoms. The molecule has 0 saturated carbocycles. The Hall–Kier alpha value is -1.26. The standard InChI is InChI=1S/C16H21Cl2NO3/c17-13-8-7-12(14(18)11-13)10-15(20)19-9-5-3-1-2-4-6-16(21)22/h7-8,11H,1-6,9-10H2,(H,19,20)(H,21,22). The molecular weight excluding hydrogens is 325 g/mol. The normalized spacial score (nSPS) is 10.5. The second-order valence-electron chi connectivity index (χ2n) is 5.17. The summed E-state index contributed by atoms with van der Waals surface area (Å²) >= 11 is 11.8. The molecule has 0 aliphatic rings. The molecule has 6 heteroatoms. The van der Waals surface area contributed by atoms with Gasteiger partial charge in [0.25, 0.3) is 0 Å². The first kappa shape index (κ1) is 18.8. The van der Waals surface area contributed by atoms with Crippen LogP contribution >= 0.6 is 23.2 Å². The van der Waals surface area contributed by atoms with Crippen LogP contribution < -0.4 is 5.32 Å². The molecule has 0 heterocycles. The van der Waals surface area contributed by atoms with Gasteiger partial charge in [0.2, 0.25) is 5.91 Å². The van der Waals surface area contributed by atoms with Gasteiger partial charge in [0, 0.05) is 23.0 Å². The van der Waals surface area contributed by atoms with Gasteiger partial charge in [-0.25, -0.2) is 0 Å². The van der Waals surface area contributed by atoms with E-state index in [9.17, 15) is 9.59 Å². The lowest BCUT2D eigenvalue weighted by molar-refractivity contribution is -0.137. The second-order valence-corrected chi connectivity index (χ2v) is 6.02. The number of nitrogens with one attached hydrogen (secondary N) is 1. The average molecular weight is 346 g/mol. The van der Waals surface area contributed by atoms with E-state index < -0.39 is 5.97 Å². The van der Waals surface area contributed by atoms with Crippen LogP contribution in [0.4, 0.5) is 0 Å². The van der Waals surface area contributed by atoms with Crippen molar-refractivity contribution in [2.75, 3.05) is 6.54 Å². The van der Waals surface area contributed by atoms with Crippen molar-refractivity contribution in [1.82, 2.24) is 5.32 Å². The molecule has 0 atom stereocenters. The van der Waals surface area contributed by atoms with Gasteiger partial charge in [-0.3, -0.25) is 9.59 Å². The maximum Gasteiger partial charge on any atom is 0.303 e. The predicted molar refractivity (Wildman–Crippen MR) is 88.5 cm³/mol. The van der Waals surface area contributed by atoms with Crippen molar-refractivity contribution in [2.24, 2.45) is 0 Å². The van der Waals surface area contributed by atoms with E-state index in [-0.39, 0.29) is 18.7 Å². The summed E-state index contributed by atoms with van der Waals surface area (Å²) in [6.07, 6.45) is 4.99. The van der Waals surface area contributed by atoms with Gasteiger partial charge in [0.05, 0.1) is 6.42 Å². The van der Waals surface area contributed by atoms with Gasteiger partial charge in [-0.1, -0.05) is 48.5 Å². The van der Waals surface area contributed by atoms with Crippen molar-refractivity contribution in [3.63, 3.8) is 0 Å². The third kappa shape index (κ3) is 8.25. The Bertz CT molecular complexity index is 506. The Kier molecular flexibility index (Phi) is 8.94. The minimum absolute atomic E-state index is 0.0601. The number of halogens is 2. The highest BCUT2D eigenvalue weighted by Crippen LogP contribution is 2.21. The quantitative estimate of drug-likeness (QED) is 0.628. The number of carboxylic acids is 1. The van der Waals surface area contributed by atoms with Crippen molar-refractivity contribution in [3.8, 4) is 0 Å². The summed E-state index contributed by atoms with van der Waals surface area (Å²) in [7, 11) is 0. The monoisotopic (exact) mass is 345 g/mol. The van der Waals surface area contributed by atoms with Gasteiger partial charge >= 0.3 is 5.97 Å². The number of rotatable bonds is 10. The third-order valence-corrected chi connectivity index (χ3v) is 3.84. The van der Waals surface area contributed by atoms with E-state index in [4.69, 9.17) is 28.3 Å². The minimum atomic E-state index is -0.742. The molecule has 22 heavy (non-hydrogen) atoms. The summed E-state index contributed by atoms with van der Waals surface area (Å²) < 4.78 is 0. The Labute approximate surface area is 140 Å². The largest absolute Gasteiger partial charge is 0.481 e. The number of hydrogen-bond acceptors (Lipinski definition) is 2. The van der Waals surface area contributed by atoms with Crippen molar-refractivity contribution in [1.29, 1.82) is 0 Å². The lowest BCUT2D eigenvalue weighted by Crippen LogP contribution is -2.26. The molecule has 1 amide bonds. The van der Waals surface area contributed by atoms with Crippen molar-refractivity contribution < 1.29 is 14.7 Å². The molecule has 122 valence electrons. The zero-order chi connectivity index (χ0) is 16.4. The third-order valence-electron chi connectivity index (χ3n) is 3.26. The molecule has 0 aromatic heterocycles. The van der Waals surface area contributed by atoms with E-state index in [2.05, 4.69) is 5.32 Å². The zero-order valence-corrected chi connectivity index (χ0v) is 13.9. The Morgan fingerprint density at radius 2 is 1.73 bits per heavy atom. The zero-order valence-electron chi connectivity index (χ0n) is 12.4. The summed E-state index contributed by atoms with van der Waals surface area (Å²) in [6, 6.07) is 5.10. The van der Waals surface area contributed by atoms with Gasteiger partial charge in [0.15, 0.2) is 0 Å². The molecule has 0 unspecified atom stereocenters. The van der Waals surface area contributed by atoms with E-state index in [1.165, 1.54) is 0 Å². The Morgan fingerprint density at radius 1 is 1.05 bits per heavy atom. The van der Waals surface area contributed by atoms with Crippen molar-refractivity contribution >= 4 is 35.1 Å². The first-order valence-electron chi connectivity index (χ1n) is 7.41. The lowest BCUT2D eigenvalue weighted by atomic mass is 10.1. The molecule has 0 radical (unpaired) electrons. The molecule has 4 nitrogen and oxygen atoms in total. The second kappa shape index (κ2) is 10.5. The fraction of sp³-hybridized carbons (Fsp3) is 0.500. The van der Waals surface area contributed by atoms with Crippen molar-refractivity contribution in [3.05, 3.63) is 33.8 Å². The van der Waals surface area contributed by atoms with Gasteiger partial charge in [-0.15, -0.1) is 0 Å². The summed E-state index contributed by atoms with van der Waals surface area (Å²) in [5.74, 6) is -0.803. The predicted octanol–water partition coefficient (Wildman–Crippen LogP) is 4.08. The molecule has 1 rings (SSSR count). The first-order valence-corrected chi connectivity index (χ1v) is 8.17. The van der Waals surface area contributed by atoms with E-state index in [1.54, 1.807) is 18.2 Å². The summed E-state index contributed by atoms with van der Waals surface area (Å²) in [4.78, 5) is 22.1. The number of unbranched alkanes of at least 4 members (excludes halogenated alkanes) is 4. The maximum absolute atomic E-state index is 11.8. The van der Waals surface area contributed by atoms with E-state index >= 15 is 0 Å². The number of carboxylic acid groups (broad SMARTS) is 1.